The van der Waals surface area contributed by atoms with Crippen molar-refractivity contribution in [1.29, 1.82) is 0 Å². The molecule has 0 saturated carbocycles. The minimum absolute atomic E-state index is 0.183. The Morgan fingerprint density at radius 1 is 1.48 bits per heavy atom. The Hall–Kier alpha value is -2.34. The second-order valence-electron chi connectivity index (χ2n) is 6.03. The van der Waals surface area contributed by atoms with Gasteiger partial charge in [0, 0.05) is 25.2 Å². The number of rotatable bonds is 7. The Labute approximate surface area is 150 Å². The predicted molar refractivity (Wildman–Crippen MR) is 105 cm³/mol. The molecule has 0 radical (unpaired) electrons. The highest BCUT2D eigenvalue weighted by Gasteiger charge is 2.27. The van der Waals surface area contributed by atoms with Crippen LogP contribution in [-0.2, 0) is 0 Å². The predicted octanol–water partition coefficient (Wildman–Crippen LogP) is 3.13. The molecule has 1 aromatic heterocycles. The van der Waals surface area contributed by atoms with E-state index < -0.39 is 0 Å². The summed E-state index contributed by atoms with van der Waals surface area (Å²) >= 11 is 0. The third kappa shape index (κ3) is 4.02. The molecule has 1 atom stereocenters. The molecular weight excluding hydrogens is 314 g/mol. The van der Waals surface area contributed by atoms with Gasteiger partial charge in [0.25, 0.3) is 0 Å². The van der Waals surface area contributed by atoms with Gasteiger partial charge in [-0.05, 0) is 39.0 Å². The first kappa shape index (κ1) is 19.0. The van der Waals surface area contributed by atoms with Crippen LogP contribution in [0.1, 0.15) is 33.4 Å². The van der Waals surface area contributed by atoms with Crippen LogP contribution in [0.15, 0.2) is 36.1 Å². The summed E-state index contributed by atoms with van der Waals surface area (Å²) < 4.78 is 0. The van der Waals surface area contributed by atoms with Crippen LogP contribution in [0.2, 0.25) is 0 Å². The molecule has 3 N–H and O–H groups in total. The lowest BCUT2D eigenvalue weighted by Crippen LogP contribution is -2.49. The molecular formula is C19H29N5O. The van der Waals surface area contributed by atoms with Gasteiger partial charge in [-0.15, -0.1) is 10.2 Å². The summed E-state index contributed by atoms with van der Waals surface area (Å²) in [6.45, 7) is 15.4. The number of nitrogens with one attached hydrogen (secondary N) is 2. The van der Waals surface area contributed by atoms with Crippen molar-refractivity contribution < 1.29 is 5.11 Å². The van der Waals surface area contributed by atoms with Crippen LogP contribution in [0.3, 0.4) is 0 Å². The maximum Gasteiger partial charge on any atom is 0.172 e. The van der Waals surface area contributed by atoms with Crippen LogP contribution in [0.25, 0.3) is 5.57 Å². The van der Waals surface area contributed by atoms with Crippen molar-refractivity contribution in [3.05, 3.63) is 41.8 Å². The van der Waals surface area contributed by atoms with Crippen LogP contribution in [0.5, 0.6) is 0 Å². The van der Waals surface area contributed by atoms with Crippen LogP contribution in [0.4, 0.5) is 11.5 Å². The summed E-state index contributed by atoms with van der Waals surface area (Å²) in [6, 6.07) is 2.32. The third-order valence-corrected chi connectivity index (χ3v) is 4.54. The molecule has 0 spiro atoms. The molecule has 0 fully saturated rings. The second kappa shape index (κ2) is 8.67. The van der Waals surface area contributed by atoms with E-state index in [4.69, 9.17) is 0 Å². The van der Waals surface area contributed by atoms with Gasteiger partial charge in [0.1, 0.15) is 5.76 Å². The third-order valence-electron chi connectivity index (χ3n) is 4.54. The fourth-order valence-electron chi connectivity index (χ4n) is 2.97. The van der Waals surface area contributed by atoms with Gasteiger partial charge in [-0.1, -0.05) is 25.7 Å². The summed E-state index contributed by atoms with van der Waals surface area (Å²) in [4.78, 5) is 2.33. The lowest BCUT2D eigenvalue weighted by molar-refractivity contribution is 0.426. The highest BCUT2D eigenvalue weighted by atomic mass is 16.3. The van der Waals surface area contributed by atoms with Crippen molar-refractivity contribution in [1.82, 2.24) is 15.5 Å². The van der Waals surface area contributed by atoms with E-state index in [2.05, 4.69) is 46.2 Å². The van der Waals surface area contributed by atoms with Gasteiger partial charge in [-0.3, -0.25) is 0 Å². The summed E-state index contributed by atoms with van der Waals surface area (Å²) in [7, 11) is 0. The molecule has 0 saturated heterocycles. The number of allylic oxidation sites excluding steroid dienone is 4. The minimum Gasteiger partial charge on any atom is -0.507 e. The van der Waals surface area contributed by atoms with E-state index in [0.717, 1.165) is 43.3 Å². The Bertz CT molecular complexity index is 680. The molecule has 0 aromatic carbocycles. The van der Waals surface area contributed by atoms with Gasteiger partial charge >= 0.3 is 0 Å². The standard InChI is InChI=1S/C19H29N5O/c1-6-13(5)18(25)15(7-2)16-10-17-19(23-22-16)21-12-14(11-20-8-3)24(17)9-4/h6-7,10,14,20,25H,2,8-9,11-12H2,1,3-5H3,(H,21,23)/b13-6-,18-15-. The number of hydrogen-bond donors (Lipinski definition) is 3. The second-order valence-corrected chi connectivity index (χ2v) is 6.03. The van der Waals surface area contributed by atoms with Gasteiger partial charge in [0.05, 0.1) is 17.4 Å². The highest BCUT2D eigenvalue weighted by molar-refractivity contribution is 5.79. The van der Waals surface area contributed by atoms with Crippen LogP contribution >= 0.6 is 0 Å². The first-order valence-corrected chi connectivity index (χ1v) is 8.85. The van der Waals surface area contributed by atoms with Gasteiger partial charge in [0.15, 0.2) is 5.82 Å². The van der Waals surface area contributed by atoms with Crippen molar-refractivity contribution in [2.45, 2.75) is 33.7 Å². The molecule has 25 heavy (non-hydrogen) atoms. The first-order chi connectivity index (χ1) is 12.1. The molecule has 0 aliphatic carbocycles. The lowest BCUT2D eigenvalue weighted by atomic mass is 10.0. The van der Waals surface area contributed by atoms with E-state index in [1.807, 2.05) is 26.0 Å². The van der Waals surface area contributed by atoms with E-state index in [1.54, 1.807) is 6.08 Å². The minimum atomic E-state index is 0.183. The van der Waals surface area contributed by atoms with E-state index in [0.29, 0.717) is 17.3 Å². The molecule has 136 valence electrons. The number of aliphatic hydroxyl groups is 1. The molecule has 0 amide bonds. The van der Waals surface area contributed by atoms with Crippen molar-refractivity contribution in [2.75, 3.05) is 36.4 Å². The molecule has 6 nitrogen and oxygen atoms in total. The quantitative estimate of drug-likeness (QED) is 0.522. The Morgan fingerprint density at radius 3 is 2.84 bits per heavy atom. The fraction of sp³-hybridized carbons (Fsp3) is 0.474. The topological polar surface area (TPSA) is 73.3 Å². The van der Waals surface area contributed by atoms with Crippen molar-refractivity contribution in [2.24, 2.45) is 0 Å². The van der Waals surface area contributed by atoms with Crippen molar-refractivity contribution in [3.8, 4) is 0 Å². The summed E-state index contributed by atoms with van der Waals surface area (Å²) in [5, 5.41) is 25.9. The largest absolute Gasteiger partial charge is 0.507 e. The molecule has 2 heterocycles. The number of nitrogens with zero attached hydrogens (tertiary/aromatic N) is 3. The Morgan fingerprint density at radius 2 is 2.24 bits per heavy atom. The zero-order valence-electron chi connectivity index (χ0n) is 15.6. The van der Waals surface area contributed by atoms with E-state index in [-0.39, 0.29) is 5.76 Å². The molecule has 1 unspecified atom stereocenters. The van der Waals surface area contributed by atoms with E-state index in [9.17, 15) is 5.11 Å². The first-order valence-electron chi connectivity index (χ1n) is 8.85. The molecule has 1 aliphatic heterocycles. The number of likely N-dealkylation sites (N-methyl/N-ethyl adjacent to an activating group) is 2. The van der Waals surface area contributed by atoms with Crippen LogP contribution in [-0.4, -0.2) is 47.5 Å². The maximum absolute atomic E-state index is 10.5. The van der Waals surface area contributed by atoms with Crippen LogP contribution in [0, 0.1) is 0 Å². The van der Waals surface area contributed by atoms with Crippen molar-refractivity contribution >= 4 is 17.1 Å². The summed E-state index contributed by atoms with van der Waals surface area (Å²) in [5.74, 6) is 0.965. The number of hydrogen-bond acceptors (Lipinski definition) is 6. The van der Waals surface area contributed by atoms with Gasteiger partial charge in [0.2, 0.25) is 0 Å². The number of aromatic nitrogens is 2. The molecule has 6 heteroatoms. The monoisotopic (exact) mass is 343 g/mol. The molecule has 1 aliphatic rings. The maximum atomic E-state index is 10.5. The average Bonchev–Trinajstić information content (AvgIpc) is 2.65. The summed E-state index contributed by atoms with van der Waals surface area (Å²) in [5.41, 5.74) is 3.00. The highest BCUT2D eigenvalue weighted by Crippen LogP contribution is 2.32. The smallest absolute Gasteiger partial charge is 0.172 e. The number of fused-ring (bicyclic) bond motifs is 1. The molecule has 2 rings (SSSR count). The normalized spacial score (nSPS) is 18.3. The molecule has 0 bridgehead atoms. The van der Waals surface area contributed by atoms with Gasteiger partial charge in [-0.25, -0.2) is 0 Å². The van der Waals surface area contributed by atoms with Gasteiger partial charge < -0.3 is 20.6 Å². The number of anilines is 2. The Kier molecular flexibility index (Phi) is 6.58. The van der Waals surface area contributed by atoms with Crippen LogP contribution < -0.4 is 15.5 Å². The zero-order valence-corrected chi connectivity index (χ0v) is 15.6. The van der Waals surface area contributed by atoms with Crippen molar-refractivity contribution in [3.63, 3.8) is 0 Å². The number of aliphatic hydroxyl groups excluding tert-OH is 1. The summed E-state index contributed by atoms with van der Waals surface area (Å²) in [6.07, 6.45) is 3.48. The lowest BCUT2D eigenvalue weighted by Gasteiger charge is -2.38. The van der Waals surface area contributed by atoms with E-state index in [1.165, 1.54) is 0 Å². The van der Waals surface area contributed by atoms with Gasteiger partial charge in [-0.2, -0.15) is 0 Å². The zero-order chi connectivity index (χ0) is 18.4. The van der Waals surface area contributed by atoms with E-state index >= 15 is 0 Å². The SMILES string of the molecule is C=C/C(=C(O)\C(C)=C/C)c1cc2c(nn1)NCC(CNCC)N2CC. The molecule has 1 aromatic rings. The average molecular weight is 343 g/mol. The fourth-order valence-corrected chi connectivity index (χ4v) is 2.97. The Balaban J connectivity index is 2.45.